The zero-order valence-electron chi connectivity index (χ0n) is 13.3. The van der Waals surface area contributed by atoms with Gasteiger partial charge in [-0.25, -0.2) is 0 Å². The molecule has 0 aromatic heterocycles. The summed E-state index contributed by atoms with van der Waals surface area (Å²) in [6, 6.07) is -0.359. The van der Waals surface area contributed by atoms with Crippen molar-refractivity contribution in [1.29, 1.82) is 0 Å². The molecule has 120 valence electrons. The third kappa shape index (κ3) is 4.68. The van der Waals surface area contributed by atoms with Gasteiger partial charge in [-0.2, -0.15) is 0 Å². The maximum absolute atomic E-state index is 12.5. The number of piperazine rings is 1. The second-order valence-corrected chi connectivity index (χ2v) is 7.08. The first kappa shape index (κ1) is 16.2. The molecule has 2 saturated heterocycles. The highest BCUT2D eigenvalue weighted by atomic mass is 16.3. The molecule has 0 unspecified atom stereocenters. The predicted octanol–water partition coefficient (Wildman–Crippen LogP) is -0.184. The Labute approximate surface area is 126 Å². The van der Waals surface area contributed by atoms with E-state index in [0.29, 0.717) is 26.1 Å². The molecule has 0 aromatic rings. The van der Waals surface area contributed by atoms with Crippen LogP contribution in [0.3, 0.4) is 0 Å². The molecule has 2 aliphatic rings. The molecule has 0 spiro atoms. The fourth-order valence-corrected chi connectivity index (χ4v) is 3.17. The molecule has 0 bridgehead atoms. The van der Waals surface area contributed by atoms with Crippen LogP contribution >= 0.6 is 0 Å². The van der Waals surface area contributed by atoms with Gasteiger partial charge in [0.1, 0.15) is 6.04 Å². The summed E-state index contributed by atoms with van der Waals surface area (Å²) in [4.78, 5) is 28.1. The fourth-order valence-electron chi connectivity index (χ4n) is 3.17. The minimum absolute atomic E-state index is 0.0206. The molecule has 2 rings (SSSR count). The number of nitrogens with zero attached hydrogens (tertiary/aromatic N) is 2. The zero-order chi connectivity index (χ0) is 15.6. The van der Waals surface area contributed by atoms with Crippen LogP contribution in [0.15, 0.2) is 0 Å². The number of nitrogens with one attached hydrogen (secondary N) is 1. The number of carbonyl (C=O) groups excluding carboxylic acids is 2. The number of β-amino-alcohol motifs (C(OH)–C–C–N with tert-alkyl or cyclic N) is 1. The molecule has 0 aliphatic carbocycles. The lowest BCUT2D eigenvalue weighted by Crippen LogP contribution is -2.57. The van der Waals surface area contributed by atoms with Crippen molar-refractivity contribution >= 4 is 11.8 Å². The van der Waals surface area contributed by atoms with E-state index in [4.69, 9.17) is 0 Å². The molecule has 0 aromatic carbocycles. The van der Waals surface area contributed by atoms with E-state index >= 15 is 0 Å². The first-order valence-electron chi connectivity index (χ1n) is 7.77. The van der Waals surface area contributed by atoms with E-state index in [0.717, 1.165) is 19.5 Å². The fraction of sp³-hybridized carbons (Fsp3) is 0.867. The molecule has 2 atom stereocenters. The van der Waals surface area contributed by atoms with Gasteiger partial charge in [0.2, 0.25) is 11.8 Å². The largest absolute Gasteiger partial charge is 0.389 e. The molecule has 0 saturated carbocycles. The lowest BCUT2D eigenvalue weighted by atomic mass is 9.93. The second kappa shape index (κ2) is 6.32. The summed E-state index contributed by atoms with van der Waals surface area (Å²) in [7, 11) is 0. The Morgan fingerprint density at radius 2 is 1.95 bits per heavy atom. The summed E-state index contributed by atoms with van der Waals surface area (Å²) in [5, 5.41) is 12.6. The van der Waals surface area contributed by atoms with Gasteiger partial charge in [0.15, 0.2) is 0 Å². The number of hydrogen-bond donors (Lipinski definition) is 2. The topological polar surface area (TPSA) is 72.9 Å². The molecular formula is C15H27N3O3. The number of carbonyl (C=O) groups is 2. The van der Waals surface area contributed by atoms with Crippen molar-refractivity contribution in [2.45, 2.75) is 45.3 Å². The Kier molecular flexibility index (Phi) is 4.88. The number of piperidine rings is 1. The summed E-state index contributed by atoms with van der Waals surface area (Å²) >= 11 is 0. The van der Waals surface area contributed by atoms with E-state index in [-0.39, 0.29) is 23.8 Å². The first-order valence-corrected chi connectivity index (χ1v) is 7.77. The van der Waals surface area contributed by atoms with E-state index in [2.05, 4.69) is 10.2 Å². The molecule has 2 heterocycles. The molecule has 2 fully saturated rings. The van der Waals surface area contributed by atoms with Crippen LogP contribution in [-0.4, -0.2) is 71.1 Å². The van der Waals surface area contributed by atoms with E-state index < -0.39 is 5.60 Å². The molecule has 6 heteroatoms. The Morgan fingerprint density at radius 1 is 1.33 bits per heavy atom. The molecular weight excluding hydrogens is 270 g/mol. The number of hydrogen-bond acceptors (Lipinski definition) is 4. The predicted molar refractivity (Wildman–Crippen MR) is 79.6 cm³/mol. The van der Waals surface area contributed by atoms with E-state index in [1.54, 1.807) is 13.8 Å². The summed E-state index contributed by atoms with van der Waals surface area (Å²) in [6.07, 6.45) is 1.25. The highest BCUT2D eigenvalue weighted by molar-refractivity contribution is 5.89. The minimum Gasteiger partial charge on any atom is -0.389 e. The standard InChI is InChI=1S/C15H27N3O3/c1-11-8-12(16-13(19)9-11)14(20)18-6-4-17(5-7-18)10-15(2,3)21/h11-12,21H,4-10H2,1-3H3,(H,16,19)/t11-,12-/m0/s1. The first-order chi connectivity index (χ1) is 9.74. The van der Waals surface area contributed by atoms with Crippen LogP contribution in [0.4, 0.5) is 0 Å². The van der Waals surface area contributed by atoms with Crippen LogP contribution in [0, 0.1) is 5.92 Å². The van der Waals surface area contributed by atoms with Crippen LogP contribution in [0.25, 0.3) is 0 Å². The van der Waals surface area contributed by atoms with Crippen LogP contribution in [0.1, 0.15) is 33.6 Å². The lowest BCUT2D eigenvalue weighted by molar-refractivity contribution is -0.140. The maximum atomic E-state index is 12.5. The van der Waals surface area contributed by atoms with Crippen molar-refractivity contribution in [3.63, 3.8) is 0 Å². The van der Waals surface area contributed by atoms with Crippen molar-refractivity contribution in [1.82, 2.24) is 15.1 Å². The molecule has 21 heavy (non-hydrogen) atoms. The average molecular weight is 297 g/mol. The van der Waals surface area contributed by atoms with Gasteiger partial charge in [-0.15, -0.1) is 0 Å². The second-order valence-electron chi connectivity index (χ2n) is 7.08. The Bertz CT molecular complexity index is 397. The Morgan fingerprint density at radius 3 is 2.48 bits per heavy atom. The summed E-state index contributed by atoms with van der Waals surface area (Å²) < 4.78 is 0. The molecule has 6 nitrogen and oxygen atoms in total. The van der Waals surface area contributed by atoms with Crippen LogP contribution in [0.5, 0.6) is 0 Å². The third-order valence-electron chi connectivity index (χ3n) is 4.10. The SMILES string of the molecule is C[C@@H]1CC(=O)N[C@H](C(=O)N2CCN(CC(C)(C)O)CC2)C1. The van der Waals surface area contributed by atoms with Gasteiger partial charge in [0.25, 0.3) is 0 Å². The highest BCUT2D eigenvalue weighted by Gasteiger charge is 2.33. The van der Waals surface area contributed by atoms with Crippen molar-refractivity contribution in [2.24, 2.45) is 5.92 Å². The highest BCUT2D eigenvalue weighted by Crippen LogP contribution is 2.18. The van der Waals surface area contributed by atoms with E-state index in [1.807, 2.05) is 11.8 Å². The lowest BCUT2D eigenvalue weighted by Gasteiger charge is -2.39. The van der Waals surface area contributed by atoms with Gasteiger partial charge in [-0.05, 0) is 26.2 Å². The van der Waals surface area contributed by atoms with Gasteiger partial charge >= 0.3 is 0 Å². The smallest absolute Gasteiger partial charge is 0.245 e. The van der Waals surface area contributed by atoms with Gasteiger partial charge in [-0.3, -0.25) is 14.5 Å². The Balaban J connectivity index is 1.84. The Hall–Kier alpha value is -1.14. The summed E-state index contributed by atoms with van der Waals surface area (Å²) in [6.45, 7) is 9.09. The summed E-state index contributed by atoms with van der Waals surface area (Å²) in [5.74, 6) is 0.287. The van der Waals surface area contributed by atoms with Gasteiger partial charge in [0.05, 0.1) is 5.60 Å². The normalized spacial score (nSPS) is 28.4. The van der Waals surface area contributed by atoms with Crippen molar-refractivity contribution in [2.75, 3.05) is 32.7 Å². The summed E-state index contributed by atoms with van der Waals surface area (Å²) in [5.41, 5.74) is -0.709. The van der Waals surface area contributed by atoms with E-state index in [1.165, 1.54) is 0 Å². The average Bonchev–Trinajstić information content (AvgIpc) is 2.35. The van der Waals surface area contributed by atoms with Crippen LogP contribution in [-0.2, 0) is 9.59 Å². The van der Waals surface area contributed by atoms with E-state index in [9.17, 15) is 14.7 Å². The van der Waals surface area contributed by atoms with Crippen molar-refractivity contribution in [3.05, 3.63) is 0 Å². The minimum atomic E-state index is -0.709. The van der Waals surface area contributed by atoms with Crippen LogP contribution < -0.4 is 5.32 Å². The molecule has 2 aliphatic heterocycles. The molecule has 0 radical (unpaired) electrons. The number of rotatable bonds is 3. The van der Waals surface area contributed by atoms with Gasteiger partial charge < -0.3 is 15.3 Å². The third-order valence-corrected chi connectivity index (χ3v) is 4.10. The van der Waals surface area contributed by atoms with Crippen LogP contribution in [0.2, 0.25) is 0 Å². The number of amides is 2. The maximum Gasteiger partial charge on any atom is 0.245 e. The quantitative estimate of drug-likeness (QED) is 0.758. The zero-order valence-corrected chi connectivity index (χ0v) is 13.3. The molecule has 2 N–H and O–H groups in total. The van der Waals surface area contributed by atoms with Gasteiger partial charge in [-0.1, -0.05) is 6.92 Å². The van der Waals surface area contributed by atoms with Gasteiger partial charge in [0, 0.05) is 39.1 Å². The molecule has 2 amide bonds. The number of aliphatic hydroxyl groups is 1. The van der Waals surface area contributed by atoms with Crippen molar-refractivity contribution in [3.8, 4) is 0 Å². The van der Waals surface area contributed by atoms with Crippen molar-refractivity contribution < 1.29 is 14.7 Å². The monoisotopic (exact) mass is 297 g/mol.